The number of halogens is 2. The number of aromatic nitrogens is 2. The van der Waals surface area contributed by atoms with E-state index in [9.17, 15) is 8.42 Å². The lowest BCUT2D eigenvalue weighted by atomic mass is 10.7. The van der Waals surface area contributed by atoms with E-state index in [0.29, 0.717) is 9.21 Å². The molecule has 0 bridgehead atoms. The van der Waals surface area contributed by atoms with Gasteiger partial charge in [-0.25, -0.2) is 9.97 Å². The second-order valence-electron chi connectivity index (χ2n) is 3.33. The van der Waals surface area contributed by atoms with E-state index in [-0.39, 0.29) is 11.9 Å². The Labute approximate surface area is 110 Å². The van der Waals surface area contributed by atoms with E-state index >= 15 is 0 Å². The molecular formula is C7H8Br2N4O2S. The maximum atomic E-state index is 11.6. The summed E-state index contributed by atoms with van der Waals surface area (Å²) in [6.45, 7) is 0. The van der Waals surface area contributed by atoms with Crippen LogP contribution < -0.4 is 9.44 Å². The van der Waals surface area contributed by atoms with E-state index in [0.717, 1.165) is 12.8 Å². The molecule has 0 spiro atoms. The summed E-state index contributed by atoms with van der Waals surface area (Å²) in [5.41, 5.74) is 0. The van der Waals surface area contributed by atoms with Crippen LogP contribution >= 0.6 is 31.9 Å². The van der Waals surface area contributed by atoms with Gasteiger partial charge in [-0.15, -0.1) is 0 Å². The van der Waals surface area contributed by atoms with E-state index in [1.807, 2.05) is 0 Å². The van der Waals surface area contributed by atoms with Gasteiger partial charge >= 0.3 is 10.2 Å². The van der Waals surface area contributed by atoms with Gasteiger partial charge in [0.25, 0.3) is 0 Å². The Morgan fingerprint density at radius 1 is 1.38 bits per heavy atom. The van der Waals surface area contributed by atoms with E-state index in [4.69, 9.17) is 0 Å². The van der Waals surface area contributed by atoms with Crippen molar-refractivity contribution in [1.82, 2.24) is 14.7 Å². The zero-order valence-electron chi connectivity index (χ0n) is 7.94. The second-order valence-corrected chi connectivity index (χ2v) is 6.34. The molecular weight excluding hydrogens is 364 g/mol. The molecule has 1 fully saturated rings. The number of nitrogens with zero attached hydrogens (tertiary/aromatic N) is 2. The Kier molecular flexibility index (Phi) is 3.48. The van der Waals surface area contributed by atoms with Crippen LogP contribution in [0.1, 0.15) is 12.8 Å². The molecule has 88 valence electrons. The lowest BCUT2D eigenvalue weighted by molar-refractivity contribution is 0.586. The third-order valence-corrected chi connectivity index (χ3v) is 3.87. The van der Waals surface area contributed by atoms with Crippen LogP contribution in [-0.4, -0.2) is 24.4 Å². The standard InChI is InChI=1S/C7H8Br2N4O2S/c8-5-3-10-7(6(9)11-5)13-16(14,15)12-4-1-2-4/h3-4,12H,1-2H2,(H,10,13). The molecule has 1 heterocycles. The summed E-state index contributed by atoms with van der Waals surface area (Å²) in [6, 6.07) is 0.0553. The highest BCUT2D eigenvalue weighted by molar-refractivity contribution is 9.11. The molecule has 0 saturated heterocycles. The molecule has 1 saturated carbocycles. The van der Waals surface area contributed by atoms with Gasteiger partial charge in [-0.3, -0.25) is 4.72 Å². The van der Waals surface area contributed by atoms with Gasteiger partial charge in [-0.05, 0) is 44.7 Å². The summed E-state index contributed by atoms with van der Waals surface area (Å²) in [7, 11) is -3.55. The first-order valence-electron chi connectivity index (χ1n) is 4.44. The fourth-order valence-corrected chi connectivity index (χ4v) is 3.17. The minimum atomic E-state index is -3.55. The minimum absolute atomic E-state index is 0.0553. The predicted octanol–water partition coefficient (Wildman–Crippen LogP) is 1.41. The van der Waals surface area contributed by atoms with Crippen molar-refractivity contribution in [1.29, 1.82) is 0 Å². The fraction of sp³-hybridized carbons (Fsp3) is 0.429. The molecule has 16 heavy (non-hydrogen) atoms. The van der Waals surface area contributed by atoms with E-state index < -0.39 is 10.2 Å². The van der Waals surface area contributed by atoms with E-state index in [2.05, 4.69) is 51.3 Å². The largest absolute Gasteiger partial charge is 0.300 e. The van der Waals surface area contributed by atoms with Crippen LogP contribution in [-0.2, 0) is 10.2 Å². The molecule has 0 atom stereocenters. The van der Waals surface area contributed by atoms with Gasteiger partial charge in [-0.1, -0.05) is 0 Å². The molecule has 0 aromatic carbocycles. The second kappa shape index (κ2) is 4.55. The van der Waals surface area contributed by atoms with Crippen LogP contribution in [0, 0.1) is 0 Å². The average Bonchev–Trinajstić information content (AvgIpc) is 2.93. The summed E-state index contributed by atoms with van der Waals surface area (Å²) in [6.07, 6.45) is 3.18. The zero-order chi connectivity index (χ0) is 11.8. The number of hydrogen-bond acceptors (Lipinski definition) is 4. The Balaban J connectivity index is 2.13. The van der Waals surface area contributed by atoms with Crippen molar-refractivity contribution in [2.24, 2.45) is 0 Å². The molecule has 2 rings (SSSR count). The molecule has 1 aliphatic carbocycles. The van der Waals surface area contributed by atoms with Crippen LogP contribution in [0.25, 0.3) is 0 Å². The molecule has 0 radical (unpaired) electrons. The third kappa shape index (κ3) is 3.37. The van der Waals surface area contributed by atoms with Crippen molar-refractivity contribution in [3.05, 3.63) is 15.4 Å². The van der Waals surface area contributed by atoms with Gasteiger partial charge in [-0.2, -0.15) is 13.1 Å². The first kappa shape index (κ1) is 12.2. The highest BCUT2D eigenvalue weighted by Crippen LogP contribution is 2.22. The Hall–Kier alpha value is -0.250. The first-order chi connectivity index (χ1) is 7.46. The lowest BCUT2D eigenvalue weighted by Crippen LogP contribution is -2.32. The van der Waals surface area contributed by atoms with Crippen LogP contribution in [0.3, 0.4) is 0 Å². The van der Waals surface area contributed by atoms with Crippen molar-refractivity contribution in [2.45, 2.75) is 18.9 Å². The normalized spacial score (nSPS) is 16.1. The topological polar surface area (TPSA) is 84.0 Å². The van der Waals surface area contributed by atoms with Gasteiger partial charge in [0.1, 0.15) is 4.60 Å². The van der Waals surface area contributed by atoms with E-state index in [1.165, 1.54) is 6.20 Å². The summed E-state index contributed by atoms with van der Waals surface area (Å²) in [4.78, 5) is 7.87. The van der Waals surface area contributed by atoms with Crippen LogP contribution in [0.2, 0.25) is 0 Å². The summed E-state index contributed by atoms with van der Waals surface area (Å²) in [5.74, 6) is 0.163. The maximum Gasteiger partial charge on any atom is 0.300 e. The minimum Gasteiger partial charge on any atom is -0.252 e. The molecule has 1 aromatic heterocycles. The average molecular weight is 372 g/mol. The van der Waals surface area contributed by atoms with Gasteiger partial charge in [0.2, 0.25) is 0 Å². The van der Waals surface area contributed by atoms with Crippen molar-refractivity contribution in [3.63, 3.8) is 0 Å². The molecule has 0 unspecified atom stereocenters. The lowest BCUT2D eigenvalue weighted by Gasteiger charge is -2.08. The number of rotatable bonds is 4. The Morgan fingerprint density at radius 3 is 2.62 bits per heavy atom. The van der Waals surface area contributed by atoms with Crippen molar-refractivity contribution in [3.8, 4) is 0 Å². The molecule has 0 aliphatic heterocycles. The summed E-state index contributed by atoms with van der Waals surface area (Å²) in [5, 5.41) is 0. The number of nitrogens with one attached hydrogen (secondary N) is 2. The SMILES string of the molecule is O=S(=O)(Nc1ncc(Br)nc1Br)NC1CC1. The molecule has 1 aliphatic rings. The zero-order valence-corrected chi connectivity index (χ0v) is 11.9. The predicted molar refractivity (Wildman–Crippen MR) is 66.1 cm³/mol. The highest BCUT2D eigenvalue weighted by atomic mass is 79.9. The van der Waals surface area contributed by atoms with Gasteiger partial charge in [0.15, 0.2) is 10.4 Å². The quantitative estimate of drug-likeness (QED) is 0.838. The van der Waals surface area contributed by atoms with Crippen molar-refractivity contribution < 1.29 is 8.42 Å². The highest BCUT2D eigenvalue weighted by Gasteiger charge is 2.27. The van der Waals surface area contributed by atoms with Crippen LogP contribution in [0.15, 0.2) is 15.4 Å². The first-order valence-corrected chi connectivity index (χ1v) is 7.51. The molecule has 0 amide bonds. The van der Waals surface area contributed by atoms with Crippen molar-refractivity contribution in [2.75, 3.05) is 4.72 Å². The van der Waals surface area contributed by atoms with Gasteiger partial charge < -0.3 is 0 Å². The van der Waals surface area contributed by atoms with Gasteiger partial charge in [0, 0.05) is 6.04 Å². The number of hydrogen-bond donors (Lipinski definition) is 2. The molecule has 2 N–H and O–H groups in total. The van der Waals surface area contributed by atoms with Crippen LogP contribution in [0.5, 0.6) is 0 Å². The Morgan fingerprint density at radius 2 is 2.06 bits per heavy atom. The molecule has 1 aromatic rings. The third-order valence-electron chi connectivity index (χ3n) is 1.83. The summed E-state index contributed by atoms with van der Waals surface area (Å²) < 4.78 is 28.8. The smallest absolute Gasteiger partial charge is 0.252 e. The van der Waals surface area contributed by atoms with E-state index in [1.54, 1.807) is 0 Å². The molecule has 9 heteroatoms. The number of anilines is 1. The fourth-order valence-electron chi connectivity index (χ4n) is 0.992. The van der Waals surface area contributed by atoms with Crippen LogP contribution in [0.4, 0.5) is 5.82 Å². The van der Waals surface area contributed by atoms with Crippen molar-refractivity contribution >= 4 is 47.9 Å². The summed E-state index contributed by atoms with van der Waals surface area (Å²) >= 11 is 6.25. The molecule has 6 nitrogen and oxygen atoms in total. The maximum absolute atomic E-state index is 11.6. The van der Waals surface area contributed by atoms with Gasteiger partial charge in [0.05, 0.1) is 6.20 Å². The Bertz CT molecular complexity index is 503. The monoisotopic (exact) mass is 370 g/mol.